The molecule has 12 rings (SSSR count). The number of hydrogen-bond acceptors (Lipinski definition) is 6. The van der Waals surface area contributed by atoms with Gasteiger partial charge in [0, 0.05) is 33.4 Å². The Morgan fingerprint density at radius 3 is 0.903 bits per heavy atom. The van der Waals surface area contributed by atoms with Gasteiger partial charge in [-0.15, -0.1) is 0 Å². The number of hydrogen-bond donors (Lipinski definition) is 0. The first-order valence-electron chi connectivity index (χ1n) is 23.4. The highest BCUT2D eigenvalue weighted by Crippen LogP contribution is 2.33. The molecule has 0 spiro atoms. The van der Waals surface area contributed by atoms with Crippen molar-refractivity contribution in [2.24, 2.45) is 0 Å². The average Bonchev–Trinajstić information content (AvgIpc) is 3.43. The molecule has 72 heavy (non-hydrogen) atoms. The van der Waals surface area contributed by atoms with E-state index in [4.69, 9.17) is 29.9 Å². The molecule has 0 N–H and O–H groups in total. The molecule has 12 aromatic rings. The minimum Gasteiger partial charge on any atom is -0.208 e. The lowest BCUT2D eigenvalue weighted by Gasteiger charge is -2.11. The van der Waals surface area contributed by atoms with Crippen molar-refractivity contribution < 1.29 is 0 Å². The molecule has 0 saturated heterocycles. The second-order valence-electron chi connectivity index (χ2n) is 17.3. The van der Waals surface area contributed by atoms with Gasteiger partial charge in [0.05, 0.1) is 0 Å². The minimum absolute atomic E-state index is 0. The second-order valence-corrected chi connectivity index (χ2v) is 17.3. The van der Waals surface area contributed by atoms with Gasteiger partial charge in [-0.25, -0.2) is 29.9 Å². The fraction of sp³-hybridized carbons (Fsp3) is 0.0606. The fourth-order valence-corrected chi connectivity index (χ4v) is 8.80. The van der Waals surface area contributed by atoms with E-state index in [0.29, 0.717) is 34.9 Å². The Morgan fingerprint density at radius 2 is 0.500 bits per heavy atom. The topological polar surface area (TPSA) is 77.3 Å². The second kappa shape index (κ2) is 21.6. The molecule has 0 aliphatic carbocycles. The Labute approximate surface area is 422 Å². The summed E-state index contributed by atoms with van der Waals surface area (Å²) in [6.07, 6.45) is 0. The van der Waals surface area contributed by atoms with E-state index in [1.807, 2.05) is 30.3 Å². The van der Waals surface area contributed by atoms with Gasteiger partial charge in [-0.05, 0) is 69.8 Å². The maximum atomic E-state index is 5.00. The van der Waals surface area contributed by atoms with Crippen molar-refractivity contribution in [2.75, 3.05) is 0 Å². The van der Waals surface area contributed by atoms with E-state index in [-0.39, 0.29) is 14.9 Å². The van der Waals surface area contributed by atoms with Crippen LogP contribution in [0.1, 0.15) is 26.0 Å². The first-order valence-corrected chi connectivity index (χ1v) is 23.4. The van der Waals surface area contributed by atoms with Gasteiger partial charge in [0.15, 0.2) is 34.9 Å². The van der Waals surface area contributed by atoms with Crippen LogP contribution in [-0.2, 0) is 0 Å². The lowest BCUT2D eigenvalue weighted by Crippen LogP contribution is -2.01. The molecule has 0 amide bonds. The van der Waals surface area contributed by atoms with Crippen LogP contribution in [0.3, 0.4) is 0 Å². The number of benzene rings is 10. The summed E-state index contributed by atoms with van der Waals surface area (Å²) >= 11 is 0. The van der Waals surface area contributed by atoms with Gasteiger partial charge in [-0.1, -0.05) is 257 Å². The van der Waals surface area contributed by atoms with E-state index < -0.39 is 0 Å². The number of aromatic nitrogens is 6. The third-order valence-electron chi connectivity index (χ3n) is 12.4. The van der Waals surface area contributed by atoms with Crippen molar-refractivity contribution in [3.63, 3.8) is 0 Å². The standard InChI is InChI=1S/C34H25N3.C30H21N3.2CH4/c1-24-9-8-14-31(23-24)34-36-32(29-19-15-27(16-20-29)25-10-4-2-5-11-25)35-33(37-34)30-21-17-28(18-22-30)26-12-6-3-7-13-26;1-20-9-6-14-23(19-20)28-31-29(26-17-7-12-21-10-2-4-15-24(21)26)33-30(32-28)27-18-8-13-22-11-3-5-16-25(22)27;;/h2-23H,1H3;2-19H,1H3;2*1H4. The van der Waals surface area contributed by atoms with E-state index in [1.165, 1.54) is 33.0 Å². The first-order chi connectivity index (χ1) is 34.5. The molecule has 0 aliphatic heterocycles. The molecular weight excluding hydrogens is 877 g/mol. The maximum Gasteiger partial charge on any atom is 0.164 e. The first kappa shape index (κ1) is 47.8. The van der Waals surface area contributed by atoms with Crippen LogP contribution < -0.4 is 0 Å². The molecule has 2 heterocycles. The summed E-state index contributed by atoms with van der Waals surface area (Å²) in [6.45, 7) is 4.17. The zero-order chi connectivity index (χ0) is 47.2. The van der Waals surface area contributed by atoms with Crippen molar-refractivity contribution in [3.05, 3.63) is 254 Å². The Balaban J connectivity index is 0.000000174. The number of rotatable bonds is 8. The van der Waals surface area contributed by atoms with Crippen LogP contribution in [0.25, 0.3) is 112 Å². The normalized spacial score (nSPS) is 10.7. The molecule has 0 saturated carbocycles. The summed E-state index contributed by atoms with van der Waals surface area (Å²) in [5.41, 5.74) is 12.9. The van der Waals surface area contributed by atoms with Gasteiger partial charge in [0.1, 0.15) is 0 Å². The van der Waals surface area contributed by atoms with Crippen LogP contribution in [0.2, 0.25) is 0 Å². The maximum absolute atomic E-state index is 5.00. The van der Waals surface area contributed by atoms with Crippen LogP contribution in [-0.4, -0.2) is 29.9 Å². The van der Waals surface area contributed by atoms with Crippen molar-refractivity contribution in [3.8, 4) is 90.6 Å². The van der Waals surface area contributed by atoms with Gasteiger partial charge in [0.25, 0.3) is 0 Å². The minimum atomic E-state index is 0. The SMILES string of the molecule is C.C.Cc1cccc(-c2nc(-c3ccc(-c4ccccc4)cc3)nc(-c3ccc(-c4ccccc4)cc3)n2)c1.Cc1cccc(-c2nc(-c3cccc4ccccc34)nc(-c3cccc4ccccc34)n2)c1. The highest BCUT2D eigenvalue weighted by Gasteiger charge is 2.17. The summed E-state index contributed by atoms with van der Waals surface area (Å²) in [5.74, 6) is 4.03. The van der Waals surface area contributed by atoms with Crippen LogP contribution >= 0.6 is 0 Å². The number of nitrogens with zero attached hydrogens (tertiary/aromatic N) is 6. The van der Waals surface area contributed by atoms with E-state index in [1.54, 1.807) is 0 Å². The molecule has 0 unspecified atom stereocenters. The predicted molar refractivity (Wildman–Crippen MR) is 301 cm³/mol. The summed E-state index contributed by atoms with van der Waals surface area (Å²) in [6, 6.07) is 83.4. The Bertz CT molecular complexity index is 3570. The van der Waals surface area contributed by atoms with E-state index in [2.05, 4.69) is 226 Å². The van der Waals surface area contributed by atoms with Crippen molar-refractivity contribution in [1.29, 1.82) is 0 Å². The fourth-order valence-electron chi connectivity index (χ4n) is 8.80. The molecule has 0 bridgehead atoms. The quantitative estimate of drug-likeness (QED) is 0.151. The van der Waals surface area contributed by atoms with Gasteiger partial charge in [-0.2, -0.15) is 0 Å². The number of fused-ring (bicyclic) bond motifs is 2. The summed E-state index contributed by atoms with van der Waals surface area (Å²) < 4.78 is 0. The van der Waals surface area contributed by atoms with Crippen molar-refractivity contribution >= 4 is 21.5 Å². The Morgan fingerprint density at radius 1 is 0.222 bits per heavy atom. The van der Waals surface area contributed by atoms with Gasteiger partial charge >= 0.3 is 0 Å². The van der Waals surface area contributed by atoms with Crippen LogP contribution in [0.4, 0.5) is 0 Å². The van der Waals surface area contributed by atoms with Crippen molar-refractivity contribution in [2.45, 2.75) is 28.7 Å². The molecule has 0 fully saturated rings. The van der Waals surface area contributed by atoms with Crippen molar-refractivity contribution in [1.82, 2.24) is 29.9 Å². The Hall–Kier alpha value is -9.26. The van der Waals surface area contributed by atoms with E-state index >= 15 is 0 Å². The van der Waals surface area contributed by atoms with Crippen LogP contribution in [0, 0.1) is 13.8 Å². The highest BCUT2D eigenvalue weighted by molar-refractivity contribution is 5.97. The lowest BCUT2D eigenvalue weighted by atomic mass is 10.0. The molecule has 348 valence electrons. The average molecular weight is 931 g/mol. The van der Waals surface area contributed by atoms with Gasteiger partial charge in [-0.3, -0.25) is 0 Å². The third-order valence-corrected chi connectivity index (χ3v) is 12.4. The highest BCUT2D eigenvalue weighted by atomic mass is 15.0. The van der Waals surface area contributed by atoms with E-state index in [0.717, 1.165) is 55.3 Å². The monoisotopic (exact) mass is 930 g/mol. The molecule has 2 aromatic heterocycles. The Kier molecular flexibility index (Phi) is 14.3. The summed E-state index contributed by atoms with van der Waals surface area (Å²) in [4.78, 5) is 29.6. The molecule has 0 radical (unpaired) electrons. The molecule has 10 aromatic carbocycles. The number of aryl methyl sites for hydroxylation is 2. The summed E-state index contributed by atoms with van der Waals surface area (Å²) in [7, 11) is 0. The molecule has 6 nitrogen and oxygen atoms in total. The molecule has 6 heteroatoms. The smallest absolute Gasteiger partial charge is 0.164 e. The molecule has 0 aliphatic rings. The zero-order valence-corrected chi connectivity index (χ0v) is 38.8. The van der Waals surface area contributed by atoms with Gasteiger partial charge in [0.2, 0.25) is 0 Å². The largest absolute Gasteiger partial charge is 0.208 e. The lowest BCUT2D eigenvalue weighted by molar-refractivity contribution is 1.07. The zero-order valence-electron chi connectivity index (χ0n) is 38.8. The van der Waals surface area contributed by atoms with Gasteiger partial charge < -0.3 is 0 Å². The van der Waals surface area contributed by atoms with E-state index in [9.17, 15) is 0 Å². The summed E-state index contributed by atoms with van der Waals surface area (Å²) in [5, 5.41) is 4.59. The van der Waals surface area contributed by atoms with Crippen LogP contribution in [0.15, 0.2) is 243 Å². The predicted octanol–water partition coefficient (Wildman–Crippen LogP) is 17.3. The molecule has 0 atom stereocenters. The molecular formula is C66H54N6. The third kappa shape index (κ3) is 10.3. The van der Waals surface area contributed by atoms with Crippen LogP contribution in [0.5, 0.6) is 0 Å².